The lowest BCUT2D eigenvalue weighted by Crippen LogP contribution is -2.38. The first-order valence-electron chi connectivity index (χ1n) is 10.2. The third-order valence-electron chi connectivity index (χ3n) is 5.71. The molecule has 0 spiro atoms. The molecular weight excluding hydrogens is 431 g/mol. The van der Waals surface area contributed by atoms with Crippen LogP contribution >= 0.6 is 23.1 Å². The molecule has 4 aromatic rings. The maximum Gasteiger partial charge on any atom is 0.227 e. The summed E-state index contributed by atoms with van der Waals surface area (Å²) in [6, 6.07) is 13.0. The first-order chi connectivity index (χ1) is 15.1. The van der Waals surface area contributed by atoms with Gasteiger partial charge in [0.1, 0.15) is 18.0 Å². The predicted molar refractivity (Wildman–Crippen MR) is 127 cm³/mol. The molecule has 0 radical (unpaired) electrons. The Labute approximate surface area is 187 Å². The molecule has 1 amide bonds. The largest absolute Gasteiger partial charge is 0.355 e. The van der Waals surface area contributed by atoms with Gasteiger partial charge in [0, 0.05) is 34.3 Å². The summed E-state index contributed by atoms with van der Waals surface area (Å²) >= 11 is 3.17. The lowest BCUT2D eigenvalue weighted by atomic mass is 9.95. The van der Waals surface area contributed by atoms with Crippen molar-refractivity contribution in [3.63, 3.8) is 0 Å². The molecule has 1 aliphatic heterocycles. The molecule has 0 atom stereocenters. The molecule has 0 saturated carbocycles. The quantitative estimate of drug-likeness (QED) is 0.411. The number of aromatic nitrogens is 2. The van der Waals surface area contributed by atoms with Crippen LogP contribution in [0.1, 0.15) is 12.8 Å². The number of fused-ring (bicyclic) bond motifs is 3. The lowest BCUT2D eigenvalue weighted by Gasteiger charge is -2.32. The highest BCUT2D eigenvalue weighted by atomic mass is 32.2. The molecule has 1 saturated heterocycles. The highest BCUT2D eigenvalue weighted by molar-refractivity contribution is 7.98. The van der Waals surface area contributed by atoms with Gasteiger partial charge in [0.2, 0.25) is 5.91 Å². The van der Waals surface area contributed by atoms with E-state index in [1.807, 2.05) is 36.6 Å². The van der Waals surface area contributed by atoms with E-state index in [9.17, 15) is 9.18 Å². The van der Waals surface area contributed by atoms with Crippen LogP contribution in [0.4, 0.5) is 15.9 Å². The number of amides is 1. The Morgan fingerprint density at radius 1 is 1.19 bits per heavy atom. The number of thiophene rings is 1. The lowest BCUT2D eigenvalue weighted by molar-refractivity contribution is -0.120. The average molecular weight is 453 g/mol. The Bertz CT molecular complexity index is 1270. The number of rotatable bonds is 4. The highest BCUT2D eigenvalue weighted by Gasteiger charge is 2.27. The summed E-state index contributed by atoms with van der Waals surface area (Å²) in [7, 11) is 0. The van der Waals surface area contributed by atoms with Gasteiger partial charge >= 0.3 is 0 Å². The van der Waals surface area contributed by atoms with E-state index >= 15 is 0 Å². The van der Waals surface area contributed by atoms with Gasteiger partial charge in [-0.3, -0.25) is 4.79 Å². The molecule has 5 nitrogen and oxygen atoms in total. The van der Waals surface area contributed by atoms with Crippen molar-refractivity contribution in [2.24, 2.45) is 5.92 Å². The number of nitrogens with one attached hydrogen (secondary N) is 1. The van der Waals surface area contributed by atoms with Crippen LogP contribution in [0.5, 0.6) is 0 Å². The SMILES string of the molecule is CSc1cccc(NC(=O)C2CCN(c3ncnc4c3sc3cccc(F)c34)CC2)c1. The molecule has 1 N–H and O–H groups in total. The molecule has 0 bridgehead atoms. The van der Waals surface area contributed by atoms with E-state index in [2.05, 4.69) is 20.2 Å². The minimum atomic E-state index is -0.255. The molecule has 0 unspecified atom stereocenters. The third kappa shape index (κ3) is 3.85. The van der Waals surface area contributed by atoms with Gasteiger partial charge < -0.3 is 10.2 Å². The van der Waals surface area contributed by atoms with E-state index in [1.54, 1.807) is 17.8 Å². The molecule has 1 fully saturated rings. The van der Waals surface area contributed by atoms with Crippen molar-refractivity contribution in [2.75, 3.05) is 29.6 Å². The minimum Gasteiger partial charge on any atom is -0.355 e. The first-order valence-corrected chi connectivity index (χ1v) is 12.2. The van der Waals surface area contributed by atoms with Crippen LogP contribution in [0.25, 0.3) is 20.3 Å². The Balaban J connectivity index is 1.32. The molecule has 31 heavy (non-hydrogen) atoms. The van der Waals surface area contributed by atoms with Crippen LogP contribution in [0.3, 0.4) is 0 Å². The zero-order chi connectivity index (χ0) is 21.4. The van der Waals surface area contributed by atoms with Gasteiger partial charge in [0.05, 0.1) is 15.6 Å². The van der Waals surface area contributed by atoms with E-state index in [-0.39, 0.29) is 17.6 Å². The predicted octanol–water partition coefficient (Wildman–Crippen LogP) is 5.56. The summed E-state index contributed by atoms with van der Waals surface area (Å²) in [4.78, 5) is 25.0. The third-order valence-corrected chi connectivity index (χ3v) is 7.58. The number of piperidine rings is 1. The van der Waals surface area contributed by atoms with Gasteiger partial charge in [0.15, 0.2) is 0 Å². The number of hydrogen-bond donors (Lipinski definition) is 1. The second-order valence-corrected chi connectivity index (χ2v) is 9.50. The Hall–Kier alpha value is -2.71. The van der Waals surface area contributed by atoms with Crippen LogP contribution < -0.4 is 10.2 Å². The monoisotopic (exact) mass is 452 g/mol. The Morgan fingerprint density at radius 3 is 2.81 bits per heavy atom. The van der Waals surface area contributed by atoms with Gasteiger partial charge in [-0.2, -0.15) is 0 Å². The molecule has 2 aromatic carbocycles. The zero-order valence-corrected chi connectivity index (χ0v) is 18.6. The maximum absolute atomic E-state index is 14.4. The summed E-state index contributed by atoms with van der Waals surface area (Å²) in [6.45, 7) is 1.46. The fourth-order valence-electron chi connectivity index (χ4n) is 4.09. The maximum atomic E-state index is 14.4. The van der Waals surface area contributed by atoms with Crippen LogP contribution in [0, 0.1) is 11.7 Å². The number of anilines is 2. The topological polar surface area (TPSA) is 58.1 Å². The van der Waals surface area contributed by atoms with Crippen molar-refractivity contribution in [2.45, 2.75) is 17.7 Å². The van der Waals surface area contributed by atoms with Crippen molar-refractivity contribution in [3.05, 3.63) is 54.6 Å². The smallest absolute Gasteiger partial charge is 0.227 e. The average Bonchev–Trinajstić information content (AvgIpc) is 3.19. The van der Waals surface area contributed by atoms with Gasteiger partial charge in [-0.15, -0.1) is 23.1 Å². The summed E-state index contributed by atoms with van der Waals surface area (Å²) in [5, 5.41) is 3.62. The van der Waals surface area contributed by atoms with Crippen molar-refractivity contribution < 1.29 is 9.18 Å². The highest BCUT2D eigenvalue weighted by Crippen LogP contribution is 2.39. The van der Waals surface area contributed by atoms with Crippen LogP contribution in [0.15, 0.2) is 53.7 Å². The zero-order valence-electron chi connectivity index (χ0n) is 17.0. The fourth-order valence-corrected chi connectivity index (χ4v) is 5.74. The van der Waals surface area contributed by atoms with E-state index in [4.69, 9.17) is 0 Å². The molecule has 2 aromatic heterocycles. The summed E-state index contributed by atoms with van der Waals surface area (Å²) in [5.74, 6) is 0.604. The number of carbonyl (C=O) groups excluding carboxylic acids is 1. The molecule has 3 heterocycles. The fraction of sp³-hybridized carbons (Fsp3) is 0.261. The Morgan fingerprint density at radius 2 is 2.00 bits per heavy atom. The van der Waals surface area contributed by atoms with Crippen molar-refractivity contribution >= 4 is 60.8 Å². The van der Waals surface area contributed by atoms with Crippen molar-refractivity contribution in [1.82, 2.24) is 9.97 Å². The van der Waals surface area contributed by atoms with Gasteiger partial charge in [-0.1, -0.05) is 12.1 Å². The van der Waals surface area contributed by atoms with Crippen LogP contribution in [-0.2, 0) is 4.79 Å². The number of halogens is 1. The molecule has 5 rings (SSSR count). The van der Waals surface area contributed by atoms with Crippen LogP contribution in [-0.4, -0.2) is 35.2 Å². The summed E-state index contributed by atoms with van der Waals surface area (Å²) < 4.78 is 16.2. The van der Waals surface area contributed by atoms with Gasteiger partial charge in [0.25, 0.3) is 0 Å². The summed E-state index contributed by atoms with van der Waals surface area (Å²) in [6.07, 6.45) is 5.02. The molecule has 1 aliphatic rings. The van der Waals surface area contributed by atoms with Crippen LogP contribution in [0.2, 0.25) is 0 Å². The van der Waals surface area contributed by atoms with Gasteiger partial charge in [-0.25, -0.2) is 14.4 Å². The standard InChI is InChI=1S/C23H21FN4OS2/c1-30-16-5-2-4-15(12-16)27-23(29)14-8-10-28(11-9-14)22-21-20(25-13-26-22)19-17(24)6-3-7-18(19)31-21/h2-7,12-14H,8-11H2,1H3,(H,27,29). The number of benzene rings is 2. The Kier molecular flexibility index (Phi) is 5.50. The van der Waals surface area contributed by atoms with E-state index < -0.39 is 0 Å². The minimum absolute atomic E-state index is 0.0358. The van der Waals surface area contributed by atoms with E-state index in [0.717, 1.165) is 51.7 Å². The van der Waals surface area contributed by atoms with Crippen molar-refractivity contribution in [1.29, 1.82) is 0 Å². The van der Waals surface area contributed by atoms with Crippen molar-refractivity contribution in [3.8, 4) is 0 Å². The summed E-state index contributed by atoms with van der Waals surface area (Å²) in [5.41, 5.74) is 1.50. The molecular formula is C23H21FN4OS2. The number of thioether (sulfide) groups is 1. The first kappa shape index (κ1) is 20.2. The molecule has 8 heteroatoms. The molecule has 0 aliphatic carbocycles. The second kappa shape index (κ2) is 8.43. The number of hydrogen-bond acceptors (Lipinski definition) is 6. The van der Waals surface area contributed by atoms with Gasteiger partial charge in [-0.05, 0) is 49.4 Å². The molecule has 158 valence electrons. The van der Waals surface area contributed by atoms with E-state index in [0.29, 0.717) is 10.9 Å². The second-order valence-electron chi connectivity index (χ2n) is 7.57. The number of carbonyl (C=O) groups is 1. The van der Waals surface area contributed by atoms with E-state index in [1.165, 1.54) is 23.7 Å². The normalized spacial score (nSPS) is 15.0. The number of nitrogens with zero attached hydrogens (tertiary/aromatic N) is 3.